The molecule has 0 atom stereocenters. The number of anilines is 1. The number of carbonyl (C=O) groups is 1. The maximum Gasteiger partial charge on any atom is 0.251 e. The van der Waals surface area contributed by atoms with E-state index in [2.05, 4.69) is 15.2 Å². The highest BCUT2D eigenvalue weighted by Crippen LogP contribution is 2.21. The summed E-state index contributed by atoms with van der Waals surface area (Å²) in [6.07, 6.45) is 6.00. The summed E-state index contributed by atoms with van der Waals surface area (Å²) >= 11 is 0. The Bertz CT molecular complexity index is 946. The van der Waals surface area contributed by atoms with Gasteiger partial charge in [-0.2, -0.15) is 4.31 Å². The number of hydrogen-bond acceptors (Lipinski definition) is 5. The van der Waals surface area contributed by atoms with Crippen LogP contribution in [0.15, 0.2) is 47.5 Å². The highest BCUT2D eigenvalue weighted by Gasteiger charge is 2.27. The van der Waals surface area contributed by atoms with Crippen molar-refractivity contribution < 1.29 is 13.2 Å². The Morgan fingerprint density at radius 3 is 2.21 bits per heavy atom. The van der Waals surface area contributed by atoms with Gasteiger partial charge in [0.2, 0.25) is 10.0 Å². The van der Waals surface area contributed by atoms with E-state index in [0.29, 0.717) is 25.2 Å². The first-order valence-electron chi connectivity index (χ1n) is 10.1. The molecule has 154 valence electrons. The van der Waals surface area contributed by atoms with E-state index in [9.17, 15) is 13.2 Å². The van der Waals surface area contributed by atoms with Crippen LogP contribution >= 0.6 is 0 Å². The normalized spacial score (nSPS) is 17.6. The van der Waals surface area contributed by atoms with Crippen molar-refractivity contribution in [3.05, 3.63) is 53.7 Å². The minimum atomic E-state index is -3.46. The molecule has 29 heavy (non-hydrogen) atoms. The maximum atomic E-state index is 12.6. The monoisotopic (exact) mass is 414 g/mol. The third-order valence-corrected chi connectivity index (χ3v) is 7.42. The highest BCUT2D eigenvalue weighted by atomic mass is 32.2. The summed E-state index contributed by atoms with van der Waals surface area (Å²) in [5.74, 6) is 0.742. The van der Waals surface area contributed by atoms with Crippen molar-refractivity contribution in [3.63, 3.8) is 0 Å². The van der Waals surface area contributed by atoms with E-state index >= 15 is 0 Å². The average molecular weight is 415 g/mol. The first kappa shape index (κ1) is 19.8. The molecule has 0 aliphatic carbocycles. The van der Waals surface area contributed by atoms with Crippen molar-refractivity contribution in [1.82, 2.24) is 14.6 Å². The van der Waals surface area contributed by atoms with E-state index < -0.39 is 10.0 Å². The quantitative estimate of drug-likeness (QED) is 0.785. The van der Waals surface area contributed by atoms with Crippen molar-refractivity contribution in [3.8, 4) is 0 Å². The Kier molecular flexibility index (Phi) is 5.82. The summed E-state index contributed by atoms with van der Waals surface area (Å²) in [7, 11) is -3.46. The van der Waals surface area contributed by atoms with Crippen LogP contribution in [0.25, 0.3) is 0 Å². The molecule has 1 amide bonds. The molecule has 1 aromatic heterocycles. The van der Waals surface area contributed by atoms with Gasteiger partial charge in [0.25, 0.3) is 5.91 Å². The van der Waals surface area contributed by atoms with E-state index in [1.54, 1.807) is 18.3 Å². The van der Waals surface area contributed by atoms with Gasteiger partial charge in [-0.25, -0.2) is 13.4 Å². The Balaban J connectivity index is 1.35. The van der Waals surface area contributed by atoms with Crippen LogP contribution < -0.4 is 10.2 Å². The number of pyridine rings is 1. The van der Waals surface area contributed by atoms with Gasteiger partial charge in [0.05, 0.1) is 4.90 Å². The van der Waals surface area contributed by atoms with Gasteiger partial charge in [-0.1, -0.05) is 6.07 Å². The zero-order valence-electron chi connectivity index (χ0n) is 16.4. The third-order valence-electron chi connectivity index (χ3n) is 5.51. The molecule has 2 aromatic rings. The molecule has 1 aromatic carbocycles. The summed E-state index contributed by atoms with van der Waals surface area (Å²) in [6.45, 7) is 3.60. The van der Waals surface area contributed by atoms with E-state index in [0.717, 1.165) is 37.3 Å². The minimum Gasteiger partial charge on any atom is -0.357 e. The number of aromatic nitrogens is 1. The fourth-order valence-corrected chi connectivity index (χ4v) is 5.31. The number of amides is 1. The number of rotatable bonds is 6. The van der Waals surface area contributed by atoms with Crippen molar-refractivity contribution in [1.29, 1.82) is 0 Å². The van der Waals surface area contributed by atoms with Gasteiger partial charge in [-0.05, 0) is 61.6 Å². The molecule has 8 heteroatoms. The van der Waals surface area contributed by atoms with E-state index in [-0.39, 0.29) is 10.8 Å². The summed E-state index contributed by atoms with van der Waals surface area (Å²) in [6, 6.07) is 10.1. The summed E-state index contributed by atoms with van der Waals surface area (Å²) in [5, 5.41) is 2.87. The second-order valence-corrected chi connectivity index (χ2v) is 9.47. The fraction of sp³-hybridized carbons (Fsp3) is 0.429. The molecule has 2 aliphatic heterocycles. The van der Waals surface area contributed by atoms with Gasteiger partial charge in [0, 0.05) is 44.5 Å². The number of sulfonamides is 1. The van der Waals surface area contributed by atoms with Crippen LogP contribution in [0.2, 0.25) is 0 Å². The molecule has 7 nitrogen and oxygen atoms in total. The maximum absolute atomic E-state index is 12.6. The average Bonchev–Trinajstić information content (AvgIpc) is 3.47. The van der Waals surface area contributed by atoms with Crippen LogP contribution in [0.3, 0.4) is 0 Å². The van der Waals surface area contributed by atoms with Crippen LogP contribution in [0.5, 0.6) is 0 Å². The lowest BCUT2D eigenvalue weighted by atomic mass is 10.2. The molecule has 2 aliphatic rings. The number of hydrogen-bond donors (Lipinski definition) is 1. The molecule has 2 saturated heterocycles. The molecule has 3 heterocycles. The molecule has 2 fully saturated rings. The van der Waals surface area contributed by atoms with E-state index in [1.165, 1.54) is 29.3 Å². The fourth-order valence-electron chi connectivity index (χ4n) is 3.79. The van der Waals surface area contributed by atoms with Crippen LogP contribution in [0.1, 0.15) is 41.6 Å². The Morgan fingerprint density at radius 1 is 0.931 bits per heavy atom. The van der Waals surface area contributed by atoms with E-state index in [1.807, 2.05) is 12.1 Å². The van der Waals surface area contributed by atoms with Gasteiger partial charge < -0.3 is 10.2 Å². The van der Waals surface area contributed by atoms with Crippen LogP contribution in [-0.4, -0.2) is 49.8 Å². The van der Waals surface area contributed by atoms with Gasteiger partial charge in [0.1, 0.15) is 5.82 Å². The molecule has 0 spiro atoms. The Morgan fingerprint density at radius 2 is 1.59 bits per heavy atom. The molecule has 0 unspecified atom stereocenters. The molecule has 1 N–H and O–H groups in total. The molecule has 0 saturated carbocycles. The SMILES string of the molecule is O=C(NCc1ccc(N2CCCC2)nc1)c1ccc(S(=O)(=O)N2CCCC2)cc1. The van der Waals surface area contributed by atoms with Crippen LogP contribution in [0, 0.1) is 0 Å². The van der Waals surface area contributed by atoms with E-state index in [4.69, 9.17) is 0 Å². The number of nitrogens with one attached hydrogen (secondary N) is 1. The van der Waals surface area contributed by atoms with Crippen molar-refractivity contribution >= 4 is 21.7 Å². The number of benzene rings is 1. The van der Waals surface area contributed by atoms with Gasteiger partial charge in [-0.3, -0.25) is 4.79 Å². The Labute approximate surface area is 171 Å². The Hall–Kier alpha value is -2.45. The summed E-state index contributed by atoms with van der Waals surface area (Å²) in [5.41, 5.74) is 1.36. The zero-order chi connectivity index (χ0) is 20.3. The van der Waals surface area contributed by atoms with Crippen LogP contribution in [0.4, 0.5) is 5.82 Å². The van der Waals surface area contributed by atoms with Gasteiger partial charge >= 0.3 is 0 Å². The zero-order valence-corrected chi connectivity index (χ0v) is 17.2. The molecule has 0 bridgehead atoms. The van der Waals surface area contributed by atoms with Crippen molar-refractivity contribution in [2.24, 2.45) is 0 Å². The van der Waals surface area contributed by atoms with Gasteiger partial charge in [0.15, 0.2) is 0 Å². The topological polar surface area (TPSA) is 82.6 Å². The summed E-state index contributed by atoms with van der Waals surface area (Å²) in [4.78, 5) is 19.4. The first-order valence-corrected chi connectivity index (χ1v) is 11.6. The second kappa shape index (κ2) is 8.51. The lowest BCUT2D eigenvalue weighted by Gasteiger charge is -2.16. The van der Waals surface area contributed by atoms with Gasteiger partial charge in [-0.15, -0.1) is 0 Å². The second-order valence-electron chi connectivity index (χ2n) is 7.54. The standard InChI is InChI=1S/C21H26N4O3S/c26-21(23-16-17-5-10-20(22-15-17)24-11-1-2-12-24)18-6-8-19(9-7-18)29(27,28)25-13-3-4-14-25/h5-10,15H,1-4,11-14,16H2,(H,23,26). The largest absolute Gasteiger partial charge is 0.357 e. The molecular weight excluding hydrogens is 388 g/mol. The molecular formula is C21H26N4O3S. The molecule has 0 radical (unpaired) electrons. The summed E-state index contributed by atoms with van der Waals surface area (Å²) < 4.78 is 26.6. The number of carbonyl (C=O) groups excluding carboxylic acids is 1. The van der Waals surface area contributed by atoms with Crippen molar-refractivity contribution in [2.45, 2.75) is 37.1 Å². The smallest absolute Gasteiger partial charge is 0.251 e. The number of nitrogens with zero attached hydrogens (tertiary/aromatic N) is 3. The predicted molar refractivity (Wildman–Crippen MR) is 111 cm³/mol. The first-order chi connectivity index (χ1) is 14.0. The van der Waals surface area contributed by atoms with Crippen LogP contribution in [-0.2, 0) is 16.6 Å². The van der Waals surface area contributed by atoms with Crippen molar-refractivity contribution in [2.75, 3.05) is 31.1 Å². The minimum absolute atomic E-state index is 0.234. The third kappa shape index (κ3) is 4.43. The lowest BCUT2D eigenvalue weighted by molar-refractivity contribution is 0.0951. The lowest BCUT2D eigenvalue weighted by Crippen LogP contribution is -2.28. The highest BCUT2D eigenvalue weighted by molar-refractivity contribution is 7.89. The predicted octanol–water partition coefficient (Wildman–Crippen LogP) is 2.40. The molecule has 4 rings (SSSR count).